The van der Waals surface area contributed by atoms with E-state index in [0.29, 0.717) is 12.2 Å². The van der Waals surface area contributed by atoms with Crippen molar-refractivity contribution in [2.75, 3.05) is 6.54 Å². The van der Waals surface area contributed by atoms with Gasteiger partial charge in [-0.3, -0.25) is 9.59 Å². The first-order valence-corrected chi connectivity index (χ1v) is 5.81. The van der Waals surface area contributed by atoms with Gasteiger partial charge in [0.25, 0.3) is 0 Å². The molecule has 10 heteroatoms. The van der Waals surface area contributed by atoms with E-state index < -0.39 is 23.9 Å². The summed E-state index contributed by atoms with van der Waals surface area (Å²) < 4.78 is 1.52. The van der Waals surface area contributed by atoms with Crippen LogP contribution in [0.3, 0.4) is 0 Å². The Bertz CT molecular complexity index is 494. The van der Waals surface area contributed by atoms with Crippen LogP contribution < -0.4 is 11.1 Å². The summed E-state index contributed by atoms with van der Waals surface area (Å²) in [5, 5.41) is 28.5. The first kappa shape index (κ1) is 16.3. The molecule has 0 amide bonds. The standard InChI is InChI=1S/C10H15N5O4.ClH/c11-2-5-3-13-14-15(5)7-4-12-9(10(18)19)6(7)1-8(16)17;/h3,6-7,9,12H,1-2,4,11H2,(H,16,17)(H,18,19);1H/t6-,7-,9-;/m0./s1. The SMILES string of the molecule is Cl.NCc1cnnn1[C@H]1CN[C@H](C(=O)O)[C@H]1CC(=O)O. The third-order valence-corrected chi connectivity index (χ3v) is 3.32. The molecule has 3 atom stereocenters. The molecular weight excluding hydrogens is 290 g/mol. The lowest BCUT2D eigenvalue weighted by Gasteiger charge is -2.21. The van der Waals surface area contributed by atoms with E-state index in [9.17, 15) is 9.59 Å². The normalized spacial score (nSPS) is 25.1. The molecule has 20 heavy (non-hydrogen) atoms. The van der Waals surface area contributed by atoms with Gasteiger partial charge in [-0.25, -0.2) is 4.68 Å². The summed E-state index contributed by atoms with van der Waals surface area (Å²) >= 11 is 0. The molecule has 0 spiro atoms. The molecule has 0 unspecified atom stereocenters. The van der Waals surface area contributed by atoms with Crippen LogP contribution in [0.2, 0.25) is 0 Å². The van der Waals surface area contributed by atoms with Gasteiger partial charge in [-0.1, -0.05) is 5.21 Å². The lowest BCUT2D eigenvalue weighted by Crippen LogP contribution is -2.37. The maximum atomic E-state index is 11.1. The fraction of sp³-hybridized carbons (Fsp3) is 0.600. The topological polar surface area (TPSA) is 143 Å². The Morgan fingerprint density at radius 2 is 2.20 bits per heavy atom. The number of carbonyl (C=O) groups is 2. The first-order chi connectivity index (χ1) is 9.04. The highest BCUT2D eigenvalue weighted by Crippen LogP contribution is 2.30. The minimum absolute atomic E-state index is 0. The number of nitrogens with zero attached hydrogens (tertiary/aromatic N) is 3. The molecule has 1 aliphatic rings. The molecule has 9 nitrogen and oxygen atoms in total. The van der Waals surface area contributed by atoms with E-state index in [-0.39, 0.29) is 31.4 Å². The number of hydrogen-bond acceptors (Lipinski definition) is 6. The van der Waals surface area contributed by atoms with Gasteiger partial charge in [0.2, 0.25) is 0 Å². The van der Waals surface area contributed by atoms with Crippen molar-refractivity contribution in [1.82, 2.24) is 20.3 Å². The minimum Gasteiger partial charge on any atom is -0.481 e. The number of carboxylic acids is 2. The molecule has 0 saturated carbocycles. The van der Waals surface area contributed by atoms with Crippen molar-refractivity contribution in [3.8, 4) is 0 Å². The molecule has 0 bridgehead atoms. The number of rotatable bonds is 5. The third kappa shape index (κ3) is 3.06. The number of halogens is 1. The van der Waals surface area contributed by atoms with Crippen molar-refractivity contribution in [3.63, 3.8) is 0 Å². The summed E-state index contributed by atoms with van der Waals surface area (Å²) in [5.74, 6) is -2.70. The Kier molecular flexibility index (Phi) is 5.43. The van der Waals surface area contributed by atoms with E-state index in [1.807, 2.05) is 0 Å². The Balaban J connectivity index is 0.00000200. The zero-order valence-corrected chi connectivity index (χ0v) is 11.3. The number of nitrogens with two attached hydrogens (primary N) is 1. The summed E-state index contributed by atoms with van der Waals surface area (Å²) in [6.07, 6.45) is 1.24. The highest BCUT2D eigenvalue weighted by molar-refractivity contribution is 5.85. The van der Waals surface area contributed by atoms with Gasteiger partial charge in [-0.2, -0.15) is 0 Å². The smallest absolute Gasteiger partial charge is 0.321 e. The van der Waals surface area contributed by atoms with Crippen LogP contribution in [0.5, 0.6) is 0 Å². The molecule has 0 aliphatic carbocycles. The van der Waals surface area contributed by atoms with Gasteiger partial charge in [-0.15, -0.1) is 17.5 Å². The van der Waals surface area contributed by atoms with Gasteiger partial charge < -0.3 is 21.3 Å². The fourth-order valence-electron chi connectivity index (χ4n) is 2.46. The first-order valence-electron chi connectivity index (χ1n) is 5.81. The monoisotopic (exact) mass is 305 g/mol. The van der Waals surface area contributed by atoms with Crippen LogP contribution >= 0.6 is 12.4 Å². The third-order valence-electron chi connectivity index (χ3n) is 3.32. The van der Waals surface area contributed by atoms with Gasteiger partial charge in [0.15, 0.2) is 0 Å². The molecule has 2 rings (SSSR count). The summed E-state index contributed by atoms with van der Waals surface area (Å²) in [6, 6.07) is -1.28. The van der Waals surface area contributed by atoms with Crippen molar-refractivity contribution in [2.24, 2.45) is 11.7 Å². The van der Waals surface area contributed by atoms with Crippen molar-refractivity contribution < 1.29 is 19.8 Å². The molecular formula is C10H16ClN5O4. The molecule has 2 heterocycles. The van der Waals surface area contributed by atoms with E-state index in [0.717, 1.165) is 0 Å². The molecule has 1 aromatic rings. The van der Waals surface area contributed by atoms with Gasteiger partial charge >= 0.3 is 11.9 Å². The van der Waals surface area contributed by atoms with Gasteiger partial charge in [0.1, 0.15) is 6.04 Å². The van der Waals surface area contributed by atoms with Crippen molar-refractivity contribution in [1.29, 1.82) is 0 Å². The van der Waals surface area contributed by atoms with E-state index >= 15 is 0 Å². The van der Waals surface area contributed by atoms with E-state index in [1.54, 1.807) is 0 Å². The Morgan fingerprint density at radius 3 is 2.75 bits per heavy atom. The van der Waals surface area contributed by atoms with Crippen LogP contribution in [0, 0.1) is 5.92 Å². The summed E-state index contributed by atoms with van der Waals surface area (Å²) in [6.45, 7) is 0.534. The molecule has 1 fully saturated rings. The van der Waals surface area contributed by atoms with Crippen LogP contribution in [0.25, 0.3) is 0 Å². The predicted molar refractivity (Wildman–Crippen MR) is 69.4 cm³/mol. The largest absolute Gasteiger partial charge is 0.481 e. The molecule has 5 N–H and O–H groups in total. The van der Waals surface area contributed by atoms with Gasteiger partial charge in [0, 0.05) is 19.0 Å². The second-order valence-electron chi connectivity index (χ2n) is 4.43. The quantitative estimate of drug-likeness (QED) is 0.533. The Morgan fingerprint density at radius 1 is 1.50 bits per heavy atom. The number of hydrogen-bond donors (Lipinski definition) is 4. The van der Waals surface area contributed by atoms with E-state index in [4.69, 9.17) is 15.9 Å². The van der Waals surface area contributed by atoms with Gasteiger partial charge in [-0.05, 0) is 0 Å². The number of carboxylic acid groups (broad SMARTS) is 2. The number of aliphatic carboxylic acids is 2. The summed E-state index contributed by atoms with van der Waals surface area (Å²) in [4.78, 5) is 22.0. The highest BCUT2D eigenvalue weighted by atomic mass is 35.5. The second kappa shape index (κ2) is 6.64. The molecule has 1 saturated heterocycles. The lowest BCUT2D eigenvalue weighted by molar-refractivity contribution is -0.142. The van der Waals surface area contributed by atoms with E-state index in [1.165, 1.54) is 10.9 Å². The van der Waals surface area contributed by atoms with Crippen LogP contribution in [0.15, 0.2) is 6.20 Å². The average molecular weight is 306 g/mol. The number of nitrogens with one attached hydrogen (secondary N) is 1. The molecule has 112 valence electrons. The predicted octanol–water partition coefficient (Wildman–Crippen LogP) is -1.15. The van der Waals surface area contributed by atoms with Crippen LogP contribution in [0.1, 0.15) is 18.2 Å². The summed E-state index contributed by atoms with van der Waals surface area (Å²) in [7, 11) is 0. The van der Waals surface area contributed by atoms with Crippen molar-refractivity contribution in [2.45, 2.75) is 25.0 Å². The Hall–Kier alpha value is -1.71. The summed E-state index contributed by atoms with van der Waals surface area (Å²) in [5.41, 5.74) is 6.20. The zero-order valence-electron chi connectivity index (χ0n) is 10.5. The van der Waals surface area contributed by atoms with Crippen LogP contribution in [-0.4, -0.2) is 49.7 Å². The van der Waals surface area contributed by atoms with Crippen molar-refractivity contribution >= 4 is 24.3 Å². The lowest BCUT2D eigenvalue weighted by atomic mass is 9.93. The van der Waals surface area contributed by atoms with Crippen LogP contribution in [0.4, 0.5) is 0 Å². The maximum absolute atomic E-state index is 11.1. The molecule has 0 radical (unpaired) electrons. The molecule has 1 aromatic heterocycles. The van der Waals surface area contributed by atoms with Gasteiger partial charge in [0.05, 0.1) is 24.4 Å². The van der Waals surface area contributed by atoms with Crippen LogP contribution in [-0.2, 0) is 16.1 Å². The minimum atomic E-state index is -1.07. The fourth-order valence-corrected chi connectivity index (χ4v) is 2.46. The Labute approximate surface area is 120 Å². The zero-order chi connectivity index (χ0) is 14.0. The second-order valence-corrected chi connectivity index (χ2v) is 4.43. The molecule has 0 aromatic carbocycles. The average Bonchev–Trinajstić information content (AvgIpc) is 2.93. The number of aromatic nitrogens is 3. The molecule has 1 aliphatic heterocycles. The van der Waals surface area contributed by atoms with E-state index in [2.05, 4.69) is 15.6 Å². The highest BCUT2D eigenvalue weighted by Gasteiger charge is 2.43. The van der Waals surface area contributed by atoms with Crippen molar-refractivity contribution in [3.05, 3.63) is 11.9 Å². The maximum Gasteiger partial charge on any atom is 0.321 e.